The fourth-order valence-corrected chi connectivity index (χ4v) is 1.34. The molecule has 2 aromatic heterocycles. The van der Waals surface area contributed by atoms with E-state index in [-0.39, 0.29) is 0 Å². The van der Waals surface area contributed by atoms with Gasteiger partial charge in [-0.15, -0.1) is 11.6 Å². The maximum absolute atomic E-state index is 5.63. The van der Waals surface area contributed by atoms with Gasteiger partial charge in [0.05, 0.1) is 17.3 Å². The Hall–Kier alpha value is -1.29. The monoisotopic (exact) mass is 225 g/mol. The molecular formula is C10H12ClN3O. The molecular weight excluding hydrogens is 214 g/mol. The summed E-state index contributed by atoms with van der Waals surface area (Å²) in [6.07, 6.45) is 3.37. The van der Waals surface area contributed by atoms with Crippen molar-refractivity contribution in [2.75, 3.05) is 0 Å². The van der Waals surface area contributed by atoms with Gasteiger partial charge in [0, 0.05) is 6.20 Å². The highest BCUT2D eigenvalue weighted by Gasteiger charge is 2.08. The minimum Gasteiger partial charge on any atom is -0.430 e. The first-order chi connectivity index (χ1) is 7.20. The predicted octanol–water partition coefficient (Wildman–Crippen LogP) is 2.72. The van der Waals surface area contributed by atoms with Crippen molar-refractivity contribution in [3.8, 4) is 6.01 Å². The molecule has 0 N–H and O–H groups in total. The van der Waals surface area contributed by atoms with Gasteiger partial charge in [0.25, 0.3) is 0 Å². The van der Waals surface area contributed by atoms with Crippen LogP contribution in [0.4, 0.5) is 0 Å². The minimum absolute atomic E-state index is 0.349. The van der Waals surface area contributed by atoms with Crippen molar-refractivity contribution in [3.05, 3.63) is 29.9 Å². The highest BCUT2D eigenvalue weighted by atomic mass is 35.5. The van der Waals surface area contributed by atoms with Crippen LogP contribution in [-0.2, 0) is 5.88 Å². The molecule has 0 aromatic carbocycles. The Morgan fingerprint density at radius 2 is 2.33 bits per heavy atom. The predicted molar refractivity (Wildman–Crippen MR) is 57.3 cm³/mol. The van der Waals surface area contributed by atoms with Gasteiger partial charge in [0.15, 0.2) is 0 Å². The maximum atomic E-state index is 5.63. The zero-order chi connectivity index (χ0) is 10.8. The fraction of sp³-hybridized carbons (Fsp3) is 0.400. The maximum Gasteiger partial charge on any atom is 0.322 e. The van der Waals surface area contributed by atoms with Gasteiger partial charge < -0.3 is 4.42 Å². The van der Waals surface area contributed by atoms with E-state index in [9.17, 15) is 0 Å². The molecule has 0 amide bonds. The van der Waals surface area contributed by atoms with Crippen LogP contribution in [0.3, 0.4) is 0 Å². The summed E-state index contributed by atoms with van der Waals surface area (Å²) in [6, 6.07) is 2.41. The Balaban J connectivity index is 2.28. The smallest absolute Gasteiger partial charge is 0.322 e. The Labute approximate surface area is 92.9 Å². The molecule has 0 atom stereocenters. The van der Waals surface area contributed by atoms with Crippen LogP contribution in [0.1, 0.15) is 31.2 Å². The van der Waals surface area contributed by atoms with Gasteiger partial charge in [0.2, 0.25) is 0 Å². The zero-order valence-electron chi connectivity index (χ0n) is 8.64. The van der Waals surface area contributed by atoms with Crippen molar-refractivity contribution >= 4 is 11.6 Å². The highest BCUT2D eigenvalue weighted by Crippen LogP contribution is 2.14. The lowest BCUT2D eigenvalue weighted by atomic mass is 10.1. The second kappa shape index (κ2) is 4.06. The Morgan fingerprint density at radius 1 is 1.53 bits per heavy atom. The third kappa shape index (κ3) is 2.04. The Morgan fingerprint density at radius 3 is 2.87 bits per heavy atom. The molecule has 2 heterocycles. The van der Waals surface area contributed by atoms with Gasteiger partial charge >= 0.3 is 6.01 Å². The van der Waals surface area contributed by atoms with Crippen molar-refractivity contribution in [2.45, 2.75) is 25.6 Å². The molecule has 0 unspecified atom stereocenters. The van der Waals surface area contributed by atoms with Crippen molar-refractivity contribution in [1.29, 1.82) is 0 Å². The Bertz CT molecular complexity index is 447. The molecule has 0 bridgehead atoms. The largest absolute Gasteiger partial charge is 0.430 e. The molecule has 0 aliphatic rings. The number of nitrogens with zero attached hydrogens (tertiary/aromatic N) is 3. The summed E-state index contributed by atoms with van der Waals surface area (Å²) in [4.78, 5) is 4.17. The molecule has 0 aliphatic heterocycles. The van der Waals surface area contributed by atoms with E-state index in [1.54, 1.807) is 10.9 Å². The number of hydrogen-bond acceptors (Lipinski definition) is 3. The molecule has 2 rings (SSSR count). The number of alkyl halides is 1. The second-order valence-corrected chi connectivity index (χ2v) is 3.86. The van der Waals surface area contributed by atoms with Gasteiger partial charge in [-0.2, -0.15) is 14.8 Å². The Kier molecular flexibility index (Phi) is 2.77. The van der Waals surface area contributed by atoms with Gasteiger partial charge in [0.1, 0.15) is 6.26 Å². The lowest BCUT2D eigenvalue weighted by Crippen LogP contribution is -1.97. The van der Waals surface area contributed by atoms with Gasteiger partial charge in [-0.1, -0.05) is 13.8 Å². The first-order valence-electron chi connectivity index (χ1n) is 4.77. The summed E-state index contributed by atoms with van der Waals surface area (Å²) in [7, 11) is 0. The first-order valence-corrected chi connectivity index (χ1v) is 5.30. The van der Waals surface area contributed by atoms with Crippen LogP contribution in [-0.4, -0.2) is 14.8 Å². The molecule has 15 heavy (non-hydrogen) atoms. The lowest BCUT2D eigenvalue weighted by Gasteiger charge is -1.97. The quantitative estimate of drug-likeness (QED) is 0.755. The van der Waals surface area contributed by atoms with Crippen molar-refractivity contribution in [2.24, 2.45) is 0 Å². The van der Waals surface area contributed by atoms with Gasteiger partial charge in [-0.25, -0.2) is 0 Å². The van der Waals surface area contributed by atoms with Crippen LogP contribution in [0.15, 0.2) is 22.9 Å². The molecule has 4 nitrogen and oxygen atoms in total. The molecule has 0 radical (unpaired) electrons. The summed E-state index contributed by atoms with van der Waals surface area (Å²) in [5.74, 6) is 0.746. The van der Waals surface area contributed by atoms with Crippen LogP contribution in [0.5, 0.6) is 0 Å². The third-order valence-corrected chi connectivity index (χ3v) is 2.35. The van der Waals surface area contributed by atoms with Crippen molar-refractivity contribution in [3.63, 3.8) is 0 Å². The van der Waals surface area contributed by atoms with Crippen LogP contribution in [0, 0.1) is 0 Å². The van der Waals surface area contributed by atoms with E-state index < -0.39 is 0 Å². The molecule has 0 spiro atoms. The number of hydrogen-bond donors (Lipinski definition) is 0. The standard InChI is InChI=1S/C10H12ClN3O/c1-7(2)9-3-4-14(13-9)10-12-8(5-11)6-15-10/h3-4,6-7H,5H2,1-2H3. The topological polar surface area (TPSA) is 43.9 Å². The minimum atomic E-state index is 0.349. The average molecular weight is 226 g/mol. The average Bonchev–Trinajstić information content (AvgIpc) is 2.86. The number of halogens is 1. The van der Waals surface area contributed by atoms with Gasteiger partial charge in [-0.3, -0.25) is 0 Å². The number of rotatable bonds is 3. The summed E-state index contributed by atoms with van der Waals surface area (Å²) >= 11 is 5.63. The molecule has 5 heteroatoms. The summed E-state index contributed by atoms with van der Waals surface area (Å²) in [6.45, 7) is 4.18. The van der Waals surface area contributed by atoms with E-state index >= 15 is 0 Å². The molecule has 2 aromatic rings. The van der Waals surface area contributed by atoms with Crippen LogP contribution in [0.2, 0.25) is 0 Å². The SMILES string of the molecule is CC(C)c1ccn(-c2nc(CCl)co2)n1. The van der Waals surface area contributed by atoms with Crippen LogP contribution >= 0.6 is 11.6 Å². The molecule has 0 fully saturated rings. The zero-order valence-corrected chi connectivity index (χ0v) is 9.40. The van der Waals surface area contributed by atoms with Crippen LogP contribution in [0.25, 0.3) is 6.01 Å². The summed E-state index contributed by atoms with van der Waals surface area (Å²) < 4.78 is 6.86. The van der Waals surface area contributed by atoms with Crippen LogP contribution < -0.4 is 0 Å². The summed E-state index contributed by atoms with van der Waals surface area (Å²) in [5, 5.41) is 4.34. The second-order valence-electron chi connectivity index (χ2n) is 3.59. The van der Waals surface area contributed by atoms with E-state index in [1.807, 2.05) is 12.3 Å². The highest BCUT2D eigenvalue weighted by molar-refractivity contribution is 6.16. The first kappa shape index (κ1) is 10.2. The third-order valence-electron chi connectivity index (χ3n) is 2.07. The molecule has 80 valence electrons. The van der Waals surface area contributed by atoms with Crippen molar-refractivity contribution in [1.82, 2.24) is 14.8 Å². The normalized spacial score (nSPS) is 11.2. The van der Waals surface area contributed by atoms with E-state index in [2.05, 4.69) is 23.9 Å². The molecule has 0 aliphatic carbocycles. The van der Waals surface area contributed by atoms with E-state index in [0.717, 1.165) is 5.69 Å². The van der Waals surface area contributed by atoms with E-state index in [0.29, 0.717) is 23.5 Å². The number of oxazole rings is 1. The lowest BCUT2D eigenvalue weighted by molar-refractivity contribution is 0.507. The molecule has 0 saturated carbocycles. The van der Waals surface area contributed by atoms with Crippen molar-refractivity contribution < 1.29 is 4.42 Å². The molecule has 0 saturated heterocycles. The van der Waals surface area contributed by atoms with E-state index in [4.69, 9.17) is 16.0 Å². The fourth-order valence-electron chi connectivity index (χ4n) is 1.22. The number of aromatic nitrogens is 3. The summed E-state index contributed by atoms with van der Waals surface area (Å²) in [5.41, 5.74) is 1.73. The van der Waals surface area contributed by atoms with Gasteiger partial charge in [-0.05, 0) is 12.0 Å². The van der Waals surface area contributed by atoms with E-state index in [1.165, 1.54) is 0 Å².